The third kappa shape index (κ3) is 14.4. The number of unbranched alkanes of at least 4 members (excludes halogenated alkanes) is 1. The quantitative estimate of drug-likeness (QED) is 0.272. The minimum atomic E-state index is -2.79. The number of halogens is 2. The molecule has 0 spiro atoms. The fraction of sp³-hybridized carbons (Fsp3) is 0.576. The molecule has 38 heavy (non-hydrogen) atoms. The van der Waals surface area contributed by atoms with Crippen molar-refractivity contribution < 1.29 is 18.3 Å². The van der Waals surface area contributed by atoms with Crippen LogP contribution in [0.1, 0.15) is 116 Å². The molecule has 5 heteroatoms. The van der Waals surface area contributed by atoms with Gasteiger partial charge in [-0.05, 0) is 86.6 Å². The molecule has 0 N–H and O–H groups in total. The molecule has 0 bridgehead atoms. The zero-order valence-corrected chi connectivity index (χ0v) is 24.7. The van der Waals surface area contributed by atoms with Gasteiger partial charge in [0.15, 0.2) is 0 Å². The van der Waals surface area contributed by atoms with Crippen molar-refractivity contribution in [2.24, 2.45) is 10.4 Å². The van der Waals surface area contributed by atoms with Gasteiger partial charge in [0, 0.05) is 18.6 Å². The Balaban J connectivity index is 0.000000317. The molecule has 2 aromatic carbocycles. The van der Waals surface area contributed by atoms with Gasteiger partial charge in [0.05, 0.1) is 5.69 Å². The number of Topliss-reactive ketones (excluding diaryl/α,β-unsaturated/α-hetero) is 1. The molecule has 212 valence electrons. The first kappa shape index (κ1) is 33.5. The molecule has 0 amide bonds. The van der Waals surface area contributed by atoms with Crippen molar-refractivity contribution in [2.75, 3.05) is 0 Å². The van der Waals surface area contributed by atoms with E-state index in [-0.39, 0.29) is 5.75 Å². The zero-order chi connectivity index (χ0) is 28.6. The van der Waals surface area contributed by atoms with Gasteiger partial charge in [-0.2, -0.15) is 8.78 Å². The summed E-state index contributed by atoms with van der Waals surface area (Å²) in [6, 6.07) is 15.0. The van der Waals surface area contributed by atoms with Gasteiger partial charge in [-0.15, -0.1) is 0 Å². The van der Waals surface area contributed by atoms with Crippen LogP contribution >= 0.6 is 0 Å². The van der Waals surface area contributed by atoms with Gasteiger partial charge in [-0.25, -0.2) is 0 Å². The monoisotopic (exact) mass is 529 g/mol. The minimum Gasteiger partial charge on any atom is -0.435 e. The predicted octanol–water partition coefficient (Wildman–Crippen LogP) is 10.6. The van der Waals surface area contributed by atoms with Crippen molar-refractivity contribution in [1.82, 2.24) is 0 Å². The second kappa shape index (κ2) is 17.9. The number of nitrogens with zero attached hydrogens (tertiary/aromatic N) is 1. The lowest BCUT2D eigenvalue weighted by Gasteiger charge is -2.33. The summed E-state index contributed by atoms with van der Waals surface area (Å²) in [5, 5.41) is 0. The molecule has 1 saturated carbocycles. The van der Waals surface area contributed by atoms with Crippen LogP contribution in [0.25, 0.3) is 0 Å². The van der Waals surface area contributed by atoms with E-state index < -0.39 is 6.61 Å². The van der Waals surface area contributed by atoms with E-state index >= 15 is 0 Å². The van der Waals surface area contributed by atoms with Crippen LogP contribution in [0.3, 0.4) is 0 Å². The van der Waals surface area contributed by atoms with Gasteiger partial charge in [0.25, 0.3) is 0 Å². The molecule has 1 unspecified atom stereocenters. The van der Waals surface area contributed by atoms with E-state index in [9.17, 15) is 13.6 Å². The lowest BCUT2D eigenvalue weighted by molar-refractivity contribution is -0.119. The number of benzene rings is 2. The van der Waals surface area contributed by atoms with Gasteiger partial charge in [0.2, 0.25) is 0 Å². The van der Waals surface area contributed by atoms with Crippen molar-refractivity contribution in [3.8, 4) is 5.75 Å². The van der Waals surface area contributed by atoms with Crippen LogP contribution in [0.15, 0.2) is 53.5 Å². The Labute approximate surface area is 230 Å². The van der Waals surface area contributed by atoms with E-state index in [0.29, 0.717) is 18.1 Å². The number of carbonyl (C=O) groups excluding carboxylic acids is 1. The fourth-order valence-corrected chi connectivity index (χ4v) is 4.13. The average Bonchev–Trinajstić information content (AvgIpc) is 2.84. The smallest absolute Gasteiger partial charge is 0.387 e. The lowest BCUT2D eigenvalue weighted by Crippen LogP contribution is -2.20. The Bertz CT molecular complexity index is 964. The summed E-state index contributed by atoms with van der Waals surface area (Å²) in [6.45, 7) is 12.0. The first-order valence-electron chi connectivity index (χ1n) is 14.1. The van der Waals surface area contributed by atoms with E-state index in [1.165, 1.54) is 30.9 Å². The predicted molar refractivity (Wildman–Crippen MR) is 157 cm³/mol. The number of aliphatic imine (C=N–C) groups is 1. The third-order valence-corrected chi connectivity index (χ3v) is 6.74. The van der Waals surface area contributed by atoms with Crippen molar-refractivity contribution in [3.63, 3.8) is 0 Å². The number of hydrogen-bond donors (Lipinski definition) is 0. The number of aryl methyl sites for hydroxylation is 1. The number of alkyl halides is 2. The Hall–Kier alpha value is -2.56. The van der Waals surface area contributed by atoms with Gasteiger partial charge in [-0.1, -0.05) is 77.8 Å². The summed E-state index contributed by atoms with van der Waals surface area (Å²) in [6.07, 6.45) is 9.93. The summed E-state index contributed by atoms with van der Waals surface area (Å²) in [5.74, 6) is 0.909. The maximum atomic E-state index is 12.1. The van der Waals surface area contributed by atoms with Crippen LogP contribution in [0, 0.1) is 12.3 Å². The fourth-order valence-electron chi connectivity index (χ4n) is 4.13. The maximum Gasteiger partial charge on any atom is 0.387 e. The minimum absolute atomic E-state index is 0.174. The number of carbonyl (C=O) groups is 1. The summed E-state index contributed by atoms with van der Waals surface area (Å²) >= 11 is 0. The highest BCUT2D eigenvalue weighted by Gasteiger charge is 2.25. The van der Waals surface area contributed by atoms with E-state index in [0.717, 1.165) is 54.5 Å². The maximum absolute atomic E-state index is 12.1. The van der Waals surface area contributed by atoms with Crippen LogP contribution in [-0.4, -0.2) is 18.1 Å². The van der Waals surface area contributed by atoms with E-state index in [4.69, 9.17) is 0 Å². The molecule has 0 aliphatic heterocycles. The van der Waals surface area contributed by atoms with Gasteiger partial charge in [-0.3, -0.25) is 9.79 Å². The van der Waals surface area contributed by atoms with Crippen LogP contribution < -0.4 is 4.74 Å². The molecule has 3 nitrogen and oxygen atoms in total. The summed E-state index contributed by atoms with van der Waals surface area (Å²) in [5.41, 5.74) is 4.69. The molecule has 2 aromatic rings. The van der Waals surface area contributed by atoms with E-state index in [2.05, 4.69) is 49.6 Å². The first-order valence-corrected chi connectivity index (χ1v) is 14.1. The number of ether oxygens (including phenoxy) is 1. The molecule has 1 aliphatic carbocycles. The second-order valence-electron chi connectivity index (χ2n) is 11.1. The second-order valence-corrected chi connectivity index (χ2v) is 11.1. The standard InChI is InChI=1S/C14H19F2NO.C13H18O.C6H12/c1-4-5-6-11(3)17-13-8-7-12(9-10(13)2)18-14(15)16;1-3-7-13(14)10-11(2)12-8-5-4-6-9-12;1-6(2)4-3-5-6/h7-9,14H,4-6H2,1-3H3;4-6,8-9,11H,3,7,10H2,1-2H3;3-5H2,1-2H3. The number of hydrogen-bond acceptors (Lipinski definition) is 3. The van der Waals surface area contributed by atoms with Crippen LogP contribution in [0.5, 0.6) is 5.75 Å². The van der Waals surface area contributed by atoms with Gasteiger partial charge in [0.1, 0.15) is 11.5 Å². The molecule has 0 saturated heterocycles. The Morgan fingerprint density at radius 2 is 1.66 bits per heavy atom. The highest BCUT2D eigenvalue weighted by Crippen LogP contribution is 2.39. The molecule has 0 radical (unpaired) electrons. The van der Waals surface area contributed by atoms with Crippen LogP contribution in [0.4, 0.5) is 14.5 Å². The van der Waals surface area contributed by atoms with Crippen molar-refractivity contribution >= 4 is 17.2 Å². The molecule has 1 aliphatic rings. The zero-order valence-electron chi connectivity index (χ0n) is 24.7. The third-order valence-electron chi connectivity index (χ3n) is 6.74. The normalized spacial score (nSPS) is 14.8. The van der Waals surface area contributed by atoms with Gasteiger partial charge < -0.3 is 4.74 Å². The van der Waals surface area contributed by atoms with Crippen LogP contribution in [-0.2, 0) is 4.79 Å². The molecule has 3 rings (SSSR count). The van der Waals surface area contributed by atoms with Crippen molar-refractivity contribution in [1.29, 1.82) is 0 Å². The molecule has 0 aromatic heterocycles. The Kier molecular flexibility index (Phi) is 15.7. The van der Waals surface area contributed by atoms with Crippen molar-refractivity contribution in [3.05, 3.63) is 59.7 Å². The average molecular weight is 530 g/mol. The van der Waals surface area contributed by atoms with E-state index in [1.54, 1.807) is 12.1 Å². The highest BCUT2D eigenvalue weighted by molar-refractivity contribution is 5.85. The lowest BCUT2D eigenvalue weighted by atomic mass is 9.72. The van der Waals surface area contributed by atoms with Crippen molar-refractivity contribution in [2.45, 2.75) is 119 Å². The molecular weight excluding hydrogens is 480 g/mol. The Morgan fingerprint density at radius 3 is 2.13 bits per heavy atom. The van der Waals surface area contributed by atoms with Crippen LogP contribution in [0.2, 0.25) is 0 Å². The molecule has 1 fully saturated rings. The number of rotatable bonds is 11. The summed E-state index contributed by atoms with van der Waals surface area (Å²) < 4.78 is 28.4. The SMILES string of the molecule is CC1(C)CCC1.CCCC(=O)CC(C)c1ccccc1.CCCCC(C)=Nc1ccc(OC(F)F)cc1C. The van der Waals surface area contributed by atoms with E-state index in [1.807, 2.05) is 39.0 Å². The summed E-state index contributed by atoms with van der Waals surface area (Å²) in [4.78, 5) is 15.9. The van der Waals surface area contributed by atoms with Gasteiger partial charge >= 0.3 is 6.61 Å². The largest absolute Gasteiger partial charge is 0.435 e. The molecule has 0 heterocycles. The summed E-state index contributed by atoms with van der Waals surface area (Å²) in [7, 11) is 0. The topological polar surface area (TPSA) is 38.7 Å². The Morgan fingerprint density at radius 1 is 1.03 bits per heavy atom. The molecular formula is C33H49F2NO2. The first-order chi connectivity index (χ1) is 18.0. The highest BCUT2D eigenvalue weighted by atomic mass is 19.3. The molecule has 1 atom stereocenters. The number of ketones is 1.